The summed E-state index contributed by atoms with van der Waals surface area (Å²) in [5.74, 6) is 0.288. The highest BCUT2D eigenvalue weighted by Crippen LogP contribution is 2.28. The summed E-state index contributed by atoms with van der Waals surface area (Å²) >= 11 is 0. The van der Waals surface area contributed by atoms with Crippen LogP contribution in [-0.4, -0.2) is 15.1 Å². The Balaban J connectivity index is 2.18. The van der Waals surface area contributed by atoms with Gasteiger partial charge < -0.3 is 9.84 Å². The second-order valence-electron chi connectivity index (χ2n) is 3.63. The summed E-state index contributed by atoms with van der Waals surface area (Å²) in [6.07, 6.45) is -3.56. The van der Waals surface area contributed by atoms with Crippen LogP contribution >= 0.6 is 0 Å². The average Bonchev–Trinajstić information content (AvgIpc) is 2.39. The standard InChI is InChI=1S/C12H9F3N2O2/c13-12(14,15)10-5-6-16-11(17-10)19-9-3-1-8(7-18)2-4-9/h1-6,18H,7H2. The van der Waals surface area contributed by atoms with E-state index in [1.165, 1.54) is 12.1 Å². The monoisotopic (exact) mass is 270 g/mol. The Morgan fingerprint density at radius 1 is 1.11 bits per heavy atom. The molecule has 2 aromatic rings. The number of aliphatic hydroxyl groups excluding tert-OH is 1. The molecule has 0 atom stereocenters. The molecular formula is C12H9F3N2O2. The van der Waals surface area contributed by atoms with Gasteiger partial charge in [0.05, 0.1) is 6.61 Å². The molecule has 0 fully saturated rings. The second kappa shape index (κ2) is 5.23. The zero-order chi connectivity index (χ0) is 13.9. The van der Waals surface area contributed by atoms with Crippen molar-refractivity contribution in [1.29, 1.82) is 0 Å². The van der Waals surface area contributed by atoms with Crippen molar-refractivity contribution < 1.29 is 23.0 Å². The number of aromatic nitrogens is 2. The molecular weight excluding hydrogens is 261 g/mol. The second-order valence-corrected chi connectivity index (χ2v) is 3.63. The van der Waals surface area contributed by atoms with E-state index in [-0.39, 0.29) is 18.4 Å². The maximum Gasteiger partial charge on any atom is 0.433 e. The fourth-order valence-corrected chi connectivity index (χ4v) is 1.32. The van der Waals surface area contributed by atoms with Gasteiger partial charge in [-0.1, -0.05) is 12.1 Å². The highest BCUT2D eigenvalue weighted by molar-refractivity contribution is 5.29. The number of benzene rings is 1. The lowest BCUT2D eigenvalue weighted by Gasteiger charge is -2.08. The summed E-state index contributed by atoms with van der Waals surface area (Å²) in [6, 6.07) is 6.57. The van der Waals surface area contributed by atoms with Crippen molar-refractivity contribution >= 4 is 0 Å². The van der Waals surface area contributed by atoms with Gasteiger partial charge in [-0.25, -0.2) is 4.98 Å². The van der Waals surface area contributed by atoms with Crippen LogP contribution in [0.4, 0.5) is 13.2 Å². The molecule has 0 amide bonds. The Morgan fingerprint density at radius 3 is 2.37 bits per heavy atom. The molecule has 100 valence electrons. The van der Waals surface area contributed by atoms with E-state index in [1.54, 1.807) is 12.1 Å². The van der Waals surface area contributed by atoms with Crippen LogP contribution in [0.2, 0.25) is 0 Å². The molecule has 1 aromatic carbocycles. The molecule has 0 aliphatic rings. The predicted molar refractivity (Wildman–Crippen MR) is 59.5 cm³/mol. The number of hydrogen-bond acceptors (Lipinski definition) is 4. The minimum atomic E-state index is -4.54. The predicted octanol–water partition coefficient (Wildman–Crippen LogP) is 2.78. The fraction of sp³-hybridized carbons (Fsp3) is 0.167. The Bertz CT molecular complexity index is 556. The van der Waals surface area contributed by atoms with Gasteiger partial charge >= 0.3 is 12.2 Å². The highest BCUT2D eigenvalue weighted by Gasteiger charge is 2.33. The van der Waals surface area contributed by atoms with Crippen LogP contribution < -0.4 is 4.74 Å². The third kappa shape index (κ3) is 3.41. The first-order chi connectivity index (χ1) is 8.99. The van der Waals surface area contributed by atoms with Gasteiger partial charge in [0.15, 0.2) is 5.69 Å². The topological polar surface area (TPSA) is 55.2 Å². The summed E-state index contributed by atoms with van der Waals surface area (Å²) in [7, 11) is 0. The molecule has 0 unspecified atom stereocenters. The fourth-order valence-electron chi connectivity index (χ4n) is 1.32. The van der Waals surface area contributed by atoms with E-state index < -0.39 is 11.9 Å². The SMILES string of the molecule is OCc1ccc(Oc2nccc(C(F)(F)F)n2)cc1. The van der Waals surface area contributed by atoms with E-state index in [0.29, 0.717) is 5.56 Å². The molecule has 0 aliphatic heterocycles. The van der Waals surface area contributed by atoms with Gasteiger partial charge in [0, 0.05) is 6.20 Å². The number of rotatable bonds is 3. The smallest absolute Gasteiger partial charge is 0.424 e. The van der Waals surface area contributed by atoms with E-state index >= 15 is 0 Å². The molecule has 4 nitrogen and oxygen atoms in total. The average molecular weight is 270 g/mol. The Hall–Kier alpha value is -2.15. The van der Waals surface area contributed by atoms with E-state index in [4.69, 9.17) is 9.84 Å². The molecule has 0 aliphatic carbocycles. The van der Waals surface area contributed by atoms with Crippen molar-refractivity contribution in [2.75, 3.05) is 0 Å². The minimum Gasteiger partial charge on any atom is -0.424 e. The first-order valence-corrected chi connectivity index (χ1v) is 5.27. The van der Waals surface area contributed by atoms with Gasteiger partial charge in [-0.15, -0.1) is 0 Å². The van der Waals surface area contributed by atoms with Crippen LogP contribution in [0.1, 0.15) is 11.3 Å². The maximum atomic E-state index is 12.4. The Labute approximate surface area is 106 Å². The number of alkyl halides is 3. The number of nitrogens with zero attached hydrogens (tertiary/aromatic N) is 2. The first kappa shape index (κ1) is 13.3. The zero-order valence-electron chi connectivity index (χ0n) is 9.55. The van der Waals surface area contributed by atoms with Crippen LogP contribution in [0.3, 0.4) is 0 Å². The van der Waals surface area contributed by atoms with Gasteiger partial charge in [0.2, 0.25) is 0 Å². The molecule has 1 aromatic heterocycles. The molecule has 7 heteroatoms. The molecule has 1 heterocycles. The third-order valence-electron chi connectivity index (χ3n) is 2.24. The summed E-state index contributed by atoms with van der Waals surface area (Å²) in [5.41, 5.74) is -0.401. The summed E-state index contributed by atoms with van der Waals surface area (Å²) in [5, 5.41) is 8.85. The van der Waals surface area contributed by atoms with Crippen LogP contribution in [0.15, 0.2) is 36.5 Å². The molecule has 0 radical (unpaired) electrons. The molecule has 0 saturated carbocycles. The zero-order valence-corrected chi connectivity index (χ0v) is 9.55. The third-order valence-corrected chi connectivity index (χ3v) is 2.24. The lowest BCUT2D eigenvalue weighted by molar-refractivity contribution is -0.141. The van der Waals surface area contributed by atoms with Gasteiger partial charge in [-0.2, -0.15) is 18.2 Å². The van der Waals surface area contributed by atoms with E-state index in [0.717, 1.165) is 12.3 Å². The largest absolute Gasteiger partial charge is 0.433 e. The number of aliphatic hydroxyl groups is 1. The number of halogens is 3. The lowest BCUT2D eigenvalue weighted by Crippen LogP contribution is -2.08. The summed E-state index contributed by atoms with van der Waals surface area (Å²) in [4.78, 5) is 6.88. The Kier molecular flexibility index (Phi) is 3.66. The number of ether oxygens (including phenoxy) is 1. The number of hydrogen-bond donors (Lipinski definition) is 1. The van der Waals surface area contributed by atoms with Crippen LogP contribution in [-0.2, 0) is 12.8 Å². The van der Waals surface area contributed by atoms with E-state index in [2.05, 4.69) is 9.97 Å². The van der Waals surface area contributed by atoms with Gasteiger partial charge in [-0.3, -0.25) is 0 Å². The van der Waals surface area contributed by atoms with Crippen LogP contribution in [0.5, 0.6) is 11.8 Å². The van der Waals surface area contributed by atoms with E-state index in [1.807, 2.05) is 0 Å². The minimum absolute atomic E-state index is 0.125. The highest BCUT2D eigenvalue weighted by atomic mass is 19.4. The molecule has 19 heavy (non-hydrogen) atoms. The molecule has 1 N–H and O–H groups in total. The van der Waals surface area contributed by atoms with Crippen molar-refractivity contribution in [3.05, 3.63) is 47.8 Å². The first-order valence-electron chi connectivity index (χ1n) is 5.27. The maximum absolute atomic E-state index is 12.4. The normalized spacial score (nSPS) is 11.4. The Morgan fingerprint density at radius 2 is 1.79 bits per heavy atom. The quantitative estimate of drug-likeness (QED) is 0.931. The molecule has 0 bridgehead atoms. The molecule has 2 rings (SSSR count). The van der Waals surface area contributed by atoms with Crippen molar-refractivity contribution in [2.45, 2.75) is 12.8 Å². The summed E-state index contributed by atoms with van der Waals surface area (Å²) in [6.45, 7) is -0.125. The molecule has 0 spiro atoms. The van der Waals surface area contributed by atoms with Crippen molar-refractivity contribution in [1.82, 2.24) is 9.97 Å². The van der Waals surface area contributed by atoms with E-state index in [9.17, 15) is 13.2 Å². The van der Waals surface area contributed by atoms with Gasteiger partial charge in [0.1, 0.15) is 5.75 Å². The summed E-state index contributed by atoms with van der Waals surface area (Å²) < 4.78 is 42.4. The van der Waals surface area contributed by atoms with Crippen molar-refractivity contribution in [3.8, 4) is 11.8 Å². The van der Waals surface area contributed by atoms with Gasteiger partial charge in [0.25, 0.3) is 0 Å². The van der Waals surface area contributed by atoms with Gasteiger partial charge in [-0.05, 0) is 23.8 Å². The van der Waals surface area contributed by atoms with Crippen LogP contribution in [0.25, 0.3) is 0 Å². The lowest BCUT2D eigenvalue weighted by atomic mass is 10.2. The van der Waals surface area contributed by atoms with Crippen LogP contribution in [0, 0.1) is 0 Å². The molecule has 0 saturated heterocycles. The van der Waals surface area contributed by atoms with Crippen molar-refractivity contribution in [2.24, 2.45) is 0 Å². The van der Waals surface area contributed by atoms with Crippen molar-refractivity contribution in [3.63, 3.8) is 0 Å².